The van der Waals surface area contributed by atoms with Crippen molar-refractivity contribution in [2.24, 2.45) is 0 Å². The first-order chi connectivity index (χ1) is 12.9. The van der Waals surface area contributed by atoms with Crippen LogP contribution in [0.25, 0.3) is 0 Å². The zero-order chi connectivity index (χ0) is 19.4. The molecular weight excluding hydrogens is 338 g/mol. The molecular formula is C21H23N5O. The van der Waals surface area contributed by atoms with Crippen LogP contribution in [0.3, 0.4) is 0 Å². The highest BCUT2D eigenvalue weighted by molar-refractivity contribution is 6.04. The lowest BCUT2D eigenvalue weighted by Gasteiger charge is -2.13. The molecule has 0 unspecified atom stereocenters. The summed E-state index contributed by atoms with van der Waals surface area (Å²) in [6.45, 7) is 3.99. The van der Waals surface area contributed by atoms with E-state index in [1.165, 1.54) is 12.4 Å². The molecule has 0 saturated heterocycles. The molecule has 6 heteroatoms. The lowest BCUT2D eigenvalue weighted by atomic mass is 10.1. The van der Waals surface area contributed by atoms with Gasteiger partial charge in [-0.1, -0.05) is 6.07 Å². The molecule has 27 heavy (non-hydrogen) atoms. The van der Waals surface area contributed by atoms with Crippen LogP contribution in [0.5, 0.6) is 0 Å². The van der Waals surface area contributed by atoms with Crippen molar-refractivity contribution in [1.29, 1.82) is 0 Å². The zero-order valence-corrected chi connectivity index (χ0v) is 15.9. The van der Waals surface area contributed by atoms with E-state index in [0.29, 0.717) is 11.5 Å². The van der Waals surface area contributed by atoms with Gasteiger partial charge in [-0.3, -0.25) is 4.79 Å². The molecule has 1 aromatic heterocycles. The van der Waals surface area contributed by atoms with Crippen LogP contribution in [0.2, 0.25) is 0 Å². The maximum atomic E-state index is 12.4. The second-order valence-corrected chi connectivity index (χ2v) is 6.69. The lowest BCUT2D eigenvalue weighted by Crippen LogP contribution is -2.13. The van der Waals surface area contributed by atoms with Crippen LogP contribution in [-0.2, 0) is 0 Å². The molecule has 0 aliphatic carbocycles. The van der Waals surface area contributed by atoms with Crippen molar-refractivity contribution in [3.63, 3.8) is 0 Å². The van der Waals surface area contributed by atoms with Gasteiger partial charge < -0.3 is 15.5 Å². The number of hydrogen-bond donors (Lipinski definition) is 2. The second-order valence-electron chi connectivity index (χ2n) is 6.69. The molecule has 3 rings (SSSR count). The Bertz CT molecular complexity index is 914. The fraction of sp³-hybridized carbons (Fsp3) is 0.190. The topological polar surface area (TPSA) is 70.2 Å². The zero-order valence-electron chi connectivity index (χ0n) is 15.9. The van der Waals surface area contributed by atoms with Crippen molar-refractivity contribution < 1.29 is 4.79 Å². The summed E-state index contributed by atoms with van der Waals surface area (Å²) in [7, 11) is 3.99. The number of benzene rings is 2. The number of anilines is 4. The van der Waals surface area contributed by atoms with E-state index in [4.69, 9.17) is 0 Å². The fourth-order valence-electron chi connectivity index (χ4n) is 2.73. The van der Waals surface area contributed by atoms with Gasteiger partial charge in [-0.25, -0.2) is 9.97 Å². The van der Waals surface area contributed by atoms with Crippen molar-refractivity contribution in [2.45, 2.75) is 13.8 Å². The first kappa shape index (κ1) is 18.4. The van der Waals surface area contributed by atoms with Crippen LogP contribution < -0.4 is 15.5 Å². The van der Waals surface area contributed by atoms with Crippen LogP contribution >= 0.6 is 0 Å². The van der Waals surface area contributed by atoms with E-state index in [9.17, 15) is 4.79 Å². The quantitative estimate of drug-likeness (QED) is 0.714. The van der Waals surface area contributed by atoms with Crippen LogP contribution in [0.15, 0.2) is 54.9 Å². The predicted octanol–water partition coefficient (Wildman–Crippen LogP) is 4.16. The van der Waals surface area contributed by atoms with Crippen LogP contribution in [0, 0.1) is 13.8 Å². The molecule has 2 aromatic carbocycles. The average Bonchev–Trinajstić information content (AvgIpc) is 2.62. The van der Waals surface area contributed by atoms with Gasteiger partial charge in [0.05, 0.1) is 5.56 Å². The smallest absolute Gasteiger partial charge is 0.258 e. The van der Waals surface area contributed by atoms with Crippen molar-refractivity contribution in [3.8, 4) is 0 Å². The van der Waals surface area contributed by atoms with E-state index in [2.05, 4.69) is 26.7 Å². The Balaban J connectivity index is 1.66. The first-order valence-electron chi connectivity index (χ1n) is 8.67. The van der Waals surface area contributed by atoms with Crippen molar-refractivity contribution in [3.05, 3.63) is 71.5 Å². The predicted molar refractivity (Wildman–Crippen MR) is 110 cm³/mol. The largest absolute Gasteiger partial charge is 0.378 e. The number of amides is 1. The minimum atomic E-state index is -0.234. The molecule has 0 spiro atoms. The average molecular weight is 361 g/mol. The van der Waals surface area contributed by atoms with Gasteiger partial charge in [-0.2, -0.15) is 0 Å². The van der Waals surface area contributed by atoms with Gasteiger partial charge in [0.25, 0.3) is 5.91 Å². The van der Waals surface area contributed by atoms with Crippen molar-refractivity contribution in [1.82, 2.24) is 9.97 Å². The summed E-state index contributed by atoms with van der Waals surface area (Å²) in [6, 6.07) is 13.9. The van der Waals surface area contributed by atoms with E-state index in [1.54, 1.807) is 0 Å². The number of rotatable bonds is 5. The summed E-state index contributed by atoms with van der Waals surface area (Å²) in [5.74, 6) is 0.206. The number of carbonyl (C=O) groups excluding carboxylic acids is 1. The van der Waals surface area contributed by atoms with Gasteiger partial charge in [-0.05, 0) is 61.4 Å². The molecule has 1 heterocycles. The molecule has 0 atom stereocenters. The molecule has 6 nitrogen and oxygen atoms in total. The Morgan fingerprint density at radius 3 is 2.04 bits per heavy atom. The third kappa shape index (κ3) is 4.82. The molecule has 0 aliphatic heterocycles. The molecule has 0 radical (unpaired) electrons. The van der Waals surface area contributed by atoms with Crippen LogP contribution in [0.4, 0.5) is 23.0 Å². The maximum Gasteiger partial charge on any atom is 0.258 e. The standard InChI is InChI=1S/C21H23N5O/c1-14-9-15(2)11-18(10-14)24-20(27)16-12-22-21(23-13-16)25-17-5-7-19(8-6-17)26(3)4/h5-13H,1-4H3,(H,24,27)(H,22,23,25). The minimum Gasteiger partial charge on any atom is -0.378 e. The van der Waals surface area contributed by atoms with Crippen molar-refractivity contribution >= 4 is 28.9 Å². The van der Waals surface area contributed by atoms with E-state index in [1.807, 2.05) is 69.2 Å². The Kier molecular flexibility index (Phi) is 5.35. The van der Waals surface area contributed by atoms with E-state index in [-0.39, 0.29) is 5.91 Å². The highest BCUT2D eigenvalue weighted by Crippen LogP contribution is 2.18. The van der Waals surface area contributed by atoms with Crippen LogP contribution in [0.1, 0.15) is 21.5 Å². The number of aromatic nitrogens is 2. The normalized spacial score (nSPS) is 10.4. The number of aryl methyl sites for hydroxylation is 2. The van der Waals surface area contributed by atoms with Gasteiger partial charge in [0, 0.05) is 43.6 Å². The molecule has 0 bridgehead atoms. The number of carbonyl (C=O) groups is 1. The van der Waals surface area contributed by atoms with Gasteiger partial charge in [0.1, 0.15) is 0 Å². The third-order valence-electron chi connectivity index (χ3n) is 4.03. The Morgan fingerprint density at radius 1 is 0.889 bits per heavy atom. The summed E-state index contributed by atoms with van der Waals surface area (Å²) in [6.07, 6.45) is 3.03. The summed E-state index contributed by atoms with van der Waals surface area (Å²) in [4.78, 5) is 22.9. The highest BCUT2D eigenvalue weighted by atomic mass is 16.1. The van der Waals surface area contributed by atoms with Gasteiger partial charge in [0.2, 0.25) is 5.95 Å². The van der Waals surface area contributed by atoms with Gasteiger partial charge >= 0.3 is 0 Å². The van der Waals surface area contributed by atoms with E-state index < -0.39 is 0 Å². The Morgan fingerprint density at radius 2 is 1.48 bits per heavy atom. The molecule has 138 valence electrons. The highest BCUT2D eigenvalue weighted by Gasteiger charge is 2.09. The SMILES string of the molecule is Cc1cc(C)cc(NC(=O)c2cnc(Nc3ccc(N(C)C)cc3)nc2)c1. The number of hydrogen-bond acceptors (Lipinski definition) is 5. The van der Waals surface area contributed by atoms with Crippen LogP contribution in [-0.4, -0.2) is 30.0 Å². The first-order valence-corrected chi connectivity index (χ1v) is 8.67. The Labute approximate surface area is 159 Å². The van der Waals surface area contributed by atoms with E-state index >= 15 is 0 Å². The molecule has 2 N–H and O–H groups in total. The molecule has 3 aromatic rings. The van der Waals surface area contributed by atoms with Gasteiger partial charge in [-0.15, -0.1) is 0 Å². The second kappa shape index (κ2) is 7.86. The maximum absolute atomic E-state index is 12.4. The number of nitrogens with zero attached hydrogens (tertiary/aromatic N) is 3. The molecule has 0 aliphatic rings. The van der Waals surface area contributed by atoms with Gasteiger partial charge in [0.15, 0.2) is 0 Å². The summed E-state index contributed by atoms with van der Waals surface area (Å²) < 4.78 is 0. The molecule has 1 amide bonds. The van der Waals surface area contributed by atoms with Crippen molar-refractivity contribution in [2.75, 3.05) is 29.6 Å². The summed E-state index contributed by atoms with van der Waals surface area (Å²) >= 11 is 0. The lowest BCUT2D eigenvalue weighted by molar-refractivity contribution is 0.102. The Hall–Kier alpha value is -3.41. The summed E-state index contributed by atoms with van der Waals surface area (Å²) in [5, 5.41) is 6.01. The summed E-state index contributed by atoms with van der Waals surface area (Å²) in [5.41, 5.74) is 5.36. The minimum absolute atomic E-state index is 0.234. The molecule has 0 fully saturated rings. The van der Waals surface area contributed by atoms with E-state index in [0.717, 1.165) is 28.2 Å². The third-order valence-corrected chi connectivity index (χ3v) is 4.03. The monoisotopic (exact) mass is 361 g/mol. The number of nitrogens with one attached hydrogen (secondary N) is 2. The fourth-order valence-corrected chi connectivity index (χ4v) is 2.73. The molecule has 0 saturated carbocycles.